The van der Waals surface area contributed by atoms with Gasteiger partial charge < -0.3 is 14.8 Å². The molecule has 0 unspecified atom stereocenters. The second kappa shape index (κ2) is 6.85. The highest BCUT2D eigenvalue weighted by atomic mass is 16.5. The molecular weight excluding hydrogens is 270 g/mol. The molecule has 1 aliphatic rings. The SMILES string of the molecule is CCOCC(C)(C)NC(=O)c1cnc(OCC2CC2)cn1. The Morgan fingerprint density at radius 1 is 1.38 bits per heavy atom. The van der Waals surface area contributed by atoms with Crippen molar-refractivity contribution in [3.63, 3.8) is 0 Å². The van der Waals surface area contributed by atoms with Crippen LogP contribution in [0, 0.1) is 5.92 Å². The van der Waals surface area contributed by atoms with Gasteiger partial charge in [0, 0.05) is 6.61 Å². The van der Waals surface area contributed by atoms with E-state index < -0.39 is 5.54 Å². The van der Waals surface area contributed by atoms with Crippen molar-refractivity contribution in [2.24, 2.45) is 5.92 Å². The number of rotatable bonds is 8. The van der Waals surface area contributed by atoms with E-state index >= 15 is 0 Å². The zero-order chi connectivity index (χ0) is 15.3. The highest BCUT2D eigenvalue weighted by Gasteiger charge is 2.23. The molecule has 2 rings (SSSR count). The van der Waals surface area contributed by atoms with E-state index in [1.54, 1.807) is 0 Å². The van der Waals surface area contributed by atoms with Gasteiger partial charge in [0.2, 0.25) is 5.88 Å². The fourth-order valence-electron chi connectivity index (χ4n) is 1.76. The first-order valence-electron chi connectivity index (χ1n) is 7.35. The van der Waals surface area contributed by atoms with Gasteiger partial charge in [0.25, 0.3) is 5.91 Å². The molecule has 1 aliphatic carbocycles. The van der Waals surface area contributed by atoms with Crippen molar-refractivity contribution in [1.82, 2.24) is 15.3 Å². The van der Waals surface area contributed by atoms with Crippen LogP contribution in [0.1, 0.15) is 44.1 Å². The lowest BCUT2D eigenvalue weighted by Crippen LogP contribution is -2.47. The average molecular weight is 293 g/mol. The summed E-state index contributed by atoms with van der Waals surface area (Å²) >= 11 is 0. The van der Waals surface area contributed by atoms with Gasteiger partial charge in [0.05, 0.1) is 31.1 Å². The Bertz CT molecular complexity index is 470. The summed E-state index contributed by atoms with van der Waals surface area (Å²) in [5.74, 6) is 0.863. The molecule has 0 saturated heterocycles. The fourth-order valence-corrected chi connectivity index (χ4v) is 1.76. The Kier molecular flexibility index (Phi) is 5.12. The molecule has 6 nitrogen and oxygen atoms in total. The number of ether oxygens (including phenoxy) is 2. The molecule has 0 radical (unpaired) electrons. The van der Waals surface area contributed by atoms with E-state index in [9.17, 15) is 4.79 Å². The Labute approximate surface area is 125 Å². The molecule has 0 aromatic carbocycles. The summed E-state index contributed by atoms with van der Waals surface area (Å²) in [5.41, 5.74) is -0.172. The van der Waals surface area contributed by atoms with E-state index in [1.165, 1.54) is 25.2 Å². The number of nitrogens with zero attached hydrogens (tertiary/aromatic N) is 2. The third kappa shape index (κ3) is 5.30. The van der Waals surface area contributed by atoms with Gasteiger partial charge in [-0.1, -0.05) is 0 Å². The maximum absolute atomic E-state index is 12.1. The van der Waals surface area contributed by atoms with E-state index in [2.05, 4.69) is 15.3 Å². The molecule has 6 heteroatoms. The van der Waals surface area contributed by atoms with Crippen molar-refractivity contribution in [1.29, 1.82) is 0 Å². The summed E-state index contributed by atoms with van der Waals surface area (Å²) in [6, 6.07) is 0. The predicted molar refractivity (Wildman–Crippen MR) is 78.3 cm³/mol. The smallest absolute Gasteiger partial charge is 0.271 e. The Morgan fingerprint density at radius 2 is 2.14 bits per heavy atom. The van der Waals surface area contributed by atoms with Gasteiger partial charge in [0.15, 0.2) is 0 Å². The molecule has 0 aliphatic heterocycles. The first kappa shape index (κ1) is 15.7. The third-order valence-electron chi connectivity index (χ3n) is 3.14. The average Bonchev–Trinajstić information content (AvgIpc) is 3.27. The Balaban J connectivity index is 1.86. The normalized spacial score (nSPS) is 14.8. The molecule has 0 spiro atoms. The molecule has 1 saturated carbocycles. The van der Waals surface area contributed by atoms with Crippen molar-refractivity contribution in [3.8, 4) is 5.88 Å². The van der Waals surface area contributed by atoms with Crippen LogP contribution in [0.15, 0.2) is 12.4 Å². The van der Waals surface area contributed by atoms with E-state index in [1.807, 2.05) is 20.8 Å². The van der Waals surface area contributed by atoms with Gasteiger partial charge in [-0.25, -0.2) is 9.97 Å². The molecule has 1 N–H and O–H groups in total. The van der Waals surface area contributed by atoms with E-state index in [0.717, 1.165) is 0 Å². The van der Waals surface area contributed by atoms with Gasteiger partial charge in [-0.15, -0.1) is 0 Å². The molecule has 21 heavy (non-hydrogen) atoms. The highest BCUT2D eigenvalue weighted by molar-refractivity contribution is 5.92. The minimum absolute atomic E-state index is 0.263. The van der Waals surface area contributed by atoms with Crippen molar-refractivity contribution >= 4 is 5.91 Å². The summed E-state index contributed by atoms with van der Waals surface area (Å²) in [6.07, 6.45) is 5.38. The summed E-state index contributed by atoms with van der Waals surface area (Å²) in [4.78, 5) is 20.3. The number of amides is 1. The number of aromatic nitrogens is 2. The van der Waals surface area contributed by atoms with Crippen LogP contribution in [0.3, 0.4) is 0 Å². The summed E-state index contributed by atoms with van der Waals surface area (Å²) in [5, 5.41) is 2.88. The lowest BCUT2D eigenvalue weighted by molar-refractivity contribution is 0.0721. The maximum atomic E-state index is 12.1. The standard InChI is InChI=1S/C15H23N3O3/c1-4-20-10-15(2,3)18-14(19)12-7-17-13(8-16-12)21-9-11-5-6-11/h7-8,11H,4-6,9-10H2,1-3H3,(H,18,19). The van der Waals surface area contributed by atoms with Crippen LogP contribution in [0.25, 0.3) is 0 Å². The van der Waals surface area contributed by atoms with Crippen LogP contribution < -0.4 is 10.1 Å². The Morgan fingerprint density at radius 3 is 2.71 bits per heavy atom. The second-order valence-electron chi connectivity index (χ2n) is 5.97. The first-order valence-corrected chi connectivity index (χ1v) is 7.35. The maximum Gasteiger partial charge on any atom is 0.271 e. The molecular formula is C15H23N3O3. The summed E-state index contributed by atoms with van der Waals surface area (Å²) in [6.45, 7) is 7.48. The number of hydrogen-bond acceptors (Lipinski definition) is 5. The minimum Gasteiger partial charge on any atom is -0.476 e. The van der Waals surface area contributed by atoms with Crippen molar-refractivity contribution in [2.75, 3.05) is 19.8 Å². The van der Waals surface area contributed by atoms with Gasteiger partial charge >= 0.3 is 0 Å². The molecule has 1 aromatic rings. The van der Waals surface area contributed by atoms with E-state index in [4.69, 9.17) is 9.47 Å². The zero-order valence-corrected chi connectivity index (χ0v) is 12.9. The van der Waals surface area contributed by atoms with Crippen molar-refractivity contribution < 1.29 is 14.3 Å². The van der Waals surface area contributed by atoms with Crippen LogP contribution in [0.5, 0.6) is 5.88 Å². The molecule has 1 aromatic heterocycles. The zero-order valence-electron chi connectivity index (χ0n) is 12.9. The van der Waals surface area contributed by atoms with Gasteiger partial charge in [-0.2, -0.15) is 0 Å². The number of carbonyl (C=O) groups excluding carboxylic acids is 1. The largest absolute Gasteiger partial charge is 0.476 e. The summed E-state index contributed by atoms with van der Waals surface area (Å²) < 4.78 is 10.8. The second-order valence-corrected chi connectivity index (χ2v) is 5.97. The molecule has 1 heterocycles. The minimum atomic E-state index is -0.448. The van der Waals surface area contributed by atoms with Crippen LogP contribution in [-0.2, 0) is 4.74 Å². The van der Waals surface area contributed by atoms with Gasteiger partial charge in [-0.3, -0.25) is 4.79 Å². The van der Waals surface area contributed by atoms with Gasteiger partial charge in [-0.05, 0) is 39.5 Å². The van der Waals surface area contributed by atoms with Crippen molar-refractivity contribution in [3.05, 3.63) is 18.1 Å². The van der Waals surface area contributed by atoms with Crippen molar-refractivity contribution in [2.45, 2.75) is 39.2 Å². The monoisotopic (exact) mass is 293 g/mol. The van der Waals surface area contributed by atoms with E-state index in [0.29, 0.717) is 31.6 Å². The molecule has 0 bridgehead atoms. The van der Waals surface area contributed by atoms with Crippen LogP contribution in [0.2, 0.25) is 0 Å². The Hall–Kier alpha value is -1.69. The lowest BCUT2D eigenvalue weighted by Gasteiger charge is -2.25. The number of carbonyl (C=O) groups is 1. The quantitative estimate of drug-likeness (QED) is 0.791. The fraction of sp³-hybridized carbons (Fsp3) is 0.667. The summed E-state index contributed by atoms with van der Waals surface area (Å²) in [7, 11) is 0. The third-order valence-corrected chi connectivity index (χ3v) is 3.14. The molecule has 1 amide bonds. The molecule has 1 fully saturated rings. The van der Waals surface area contributed by atoms with E-state index in [-0.39, 0.29) is 11.6 Å². The van der Waals surface area contributed by atoms with Crippen LogP contribution in [0.4, 0.5) is 0 Å². The lowest BCUT2D eigenvalue weighted by atomic mass is 10.1. The van der Waals surface area contributed by atoms with Gasteiger partial charge in [0.1, 0.15) is 5.69 Å². The topological polar surface area (TPSA) is 73.3 Å². The number of hydrogen-bond donors (Lipinski definition) is 1. The first-order chi connectivity index (χ1) is 10.00. The molecule has 116 valence electrons. The predicted octanol–water partition coefficient (Wildman–Crippen LogP) is 1.81. The highest BCUT2D eigenvalue weighted by Crippen LogP contribution is 2.29. The van der Waals surface area contributed by atoms with Crippen LogP contribution in [-0.4, -0.2) is 41.2 Å². The number of nitrogens with one attached hydrogen (secondary N) is 1. The molecule has 0 atom stereocenters. The van der Waals surface area contributed by atoms with Crippen LogP contribution >= 0.6 is 0 Å².